The van der Waals surface area contributed by atoms with Crippen molar-refractivity contribution in [1.29, 1.82) is 0 Å². The van der Waals surface area contributed by atoms with Crippen LogP contribution in [0.3, 0.4) is 0 Å². The average molecular weight is 266 g/mol. The minimum atomic E-state index is -0.117. The SMILES string of the molecule is O=C(Nc1ccc2c(c1)OCO2)C1CSCCN1. The van der Waals surface area contributed by atoms with Gasteiger partial charge in [0.05, 0.1) is 6.04 Å². The van der Waals surface area contributed by atoms with E-state index < -0.39 is 0 Å². The van der Waals surface area contributed by atoms with E-state index in [1.807, 2.05) is 6.07 Å². The molecule has 0 bridgehead atoms. The van der Waals surface area contributed by atoms with Gasteiger partial charge in [-0.1, -0.05) is 0 Å². The molecular weight excluding hydrogens is 252 g/mol. The fraction of sp³-hybridized carbons (Fsp3) is 0.417. The first kappa shape index (κ1) is 11.7. The van der Waals surface area contributed by atoms with E-state index in [2.05, 4.69) is 10.6 Å². The molecule has 5 nitrogen and oxygen atoms in total. The number of nitrogens with one attached hydrogen (secondary N) is 2. The van der Waals surface area contributed by atoms with E-state index in [0.29, 0.717) is 5.75 Å². The lowest BCUT2D eigenvalue weighted by molar-refractivity contribution is -0.117. The van der Waals surface area contributed by atoms with Crippen LogP contribution in [0.4, 0.5) is 5.69 Å². The number of fused-ring (bicyclic) bond motifs is 1. The van der Waals surface area contributed by atoms with Crippen LogP contribution in [0.5, 0.6) is 11.5 Å². The first-order valence-electron chi connectivity index (χ1n) is 5.84. The third-order valence-corrected chi connectivity index (χ3v) is 3.94. The number of hydrogen-bond donors (Lipinski definition) is 2. The van der Waals surface area contributed by atoms with Crippen molar-refractivity contribution in [3.63, 3.8) is 0 Å². The van der Waals surface area contributed by atoms with Crippen LogP contribution < -0.4 is 20.1 Å². The highest BCUT2D eigenvalue weighted by molar-refractivity contribution is 7.99. The van der Waals surface area contributed by atoms with Crippen LogP contribution in [0.1, 0.15) is 0 Å². The second-order valence-corrected chi connectivity index (χ2v) is 5.29. The summed E-state index contributed by atoms with van der Waals surface area (Å²) in [5.74, 6) is 3.28. The predicted molar refractivity (Wildman–Crippen MR) is 70.3 cm³/mol. The number of hydrogen-bond acceptors (Lipinski definition) is 5. The molecule has 1 amide bonds. The van der Waals surface area contributed by atoms with Crippen molar-refractivity contribution in [1.82, 2.24) is 5.32 Å². The Balaban J connectivity index is 1.66. The topological polar surface area (TPSA) is 59.6 Å². The van der Waals surface area contributed by atoms with E-state index in [4.69, 9.17) is 9.47 Å². The zero-order chi connectivity index (χ0) is 12.4. The number of anilines is 1. The van der Waals surface area contributed by atoms with Gasteiger partial charge in [0.2, 0.25) is 12.7 Å². The van der Waals surface area contributed by atoms with Gasteiger partial charge in [0.1, 0.15) is 0 Å². The van der Waals surface area contributed by atoms with Crippen molar-refractivity contribution in [2.45, 2.75) is 6.04 Å². The number of rotatable bonds is 2. The van der Waals surface area contributed by atoms with Crippen LogP contribution >= 0.6 is 11.8 Å². The summed E-state index contributed by atoms with van der Waals surface area (Å²) in [4.78, 5) is 12.0. The zero-order valence-corrected chi connectivity index (χ0v) is 10.6. The summed E-state index contributed by atoms with van der Waals surface area (Å²) in [5, 5.41) is 6.09. The molecule has 96 valence electrons. The van der Waals surface area contributed by atoms with Gasteiger partial charge in [-0.15, -0.1) is 0 Å². The Morgan fingerprint density at radius 3 is 3.11 bits per heavy atom. The van der Waals surface area contributed by atoms with Gasteiger partial charge < -0.3 is 20.1 Å². The highest BCUT2D eigenvalue weighted by Gasteiger charge is 2.21. The van der Waals surface area contributed by atoms with Crippen LogP contribution in [0.15, 0.2) is 18.2 Å². The van der Waals surface area contributed by atoms with Crippen LogP contribution in [0.2, 0.25) is 0 Å². The van der Waals surface area contributed by atoms with Gasteiger partial charge in [-0.2, -0.15) is 11.8 Å². The monoisotopic (exact) mass is 266 g/mol. The lowest BCUT2D eigenvalue weighted by Crippen LogP contribution is -2.46. The Morgan fingerprint density at radius 2 is 2.28 bits per heavy atom. The predicted octanol–water partition coefficient (Wildman–Crippen LogP) is 1.06. The molecule has 2 heterocycles. The Kier molecular flexibility index (Phi) is 3.29. The van der Waals surface area contributed by atoms with E-state index in [-0.39, 0.29) is 18.7 Å². The van der Waals surface area contributed by atoms with Gasteiger partial charge in [0.25, 0.3) is 0 Å². The molecular formula is C12H14N2O3S. The molecule has 2 N–H and O–H groups in total. The molecule has 1 unspecified atom stereocenters. The Bertz CT molecular complexity index is 461. The number of ether oxygens (including phenoxy) is 2. The molecule has 2 aliphatic rings. The van der Waals surface area contributed by atoms with E-state index in [9.17, 15) is 4.79 Å². The van der Waals surface area contributed by atoms with E-state index in [1.165, 1.54) is 0 Å². The van der Waals surface area contributed by atoms with Crippen molar-refractivity contribution in [2.75, 3.05) is 30.2 Å². The molecule has 0 aromatic heterocycles. The van der Waals surface area contributed by atoms with Crippen molar-refractivity contribution in [3.05, 3.63) is 18.2 Å². The molecule has 6 heteroatoms. The summed E-state index contributed by atoms with van der Waals surface area (Å²) >= 11 is 1.79. The number of carbonyl (C=O) groups is 1. The quantitative estimate of drug-likeness (QED) is 0.838. The zero-order valence-electron chi connectivity index (χ0n) is 9.77. The van der Waals surface area contributed by atoms with E-state index in [1.54, 1.807) is 23.9 Å². The Hall–Kier alpha value is -1.40. The van der Waals surface area contributed by atoms with Gasteiger partial charge >= 0.3 is 0 Å². The van der Waals surface area contributed by atoms with Crippen molar-refractivity contribution in [3.8, 4) is 11.5 Å². The molecule has 1 atom stereocenters. The summed E-state index contributed by atoms with van der Waals surface area (Å²) in [6.07, 6.45) is 0. The summed E-state index contributed by atoms with van der Waals surface area (Å²) in [5.41, 5.74) is 0.738. The maximum absolute atomic E-state index is 12.0. The standard InChI is InChI=1S/C12H14N2O3S/c15-12(9-6-18-4-3-13-9)14-8-1-2-10-11(5-8)17-7-16-10/h1-2,5,9,13H,3-4,6-7H2,(H,14,15). The summed E-state index contributed by atoms with van der Waals surface area (Å²) in [6.45, 7) is 1.12. The highest BCUT2D eigenvalue weighted by Crippen LogP contribution is 2.34. The molecule has 3 rings (SSSR count). The molecule has 0 aliphatic carbocycles. The van der Waals surface area contributed by atoms with Crippen LogP contribution in [0.25, 0.3) is 0 Å². The molecule has 0 spiro atoms. The van der Waals surface area contributed by atoms with Crippen molar-refractivity contribution < 1.29 is 14.3 Å². The van der Waals surface area contributed by atoms with Gasteiger partial charge in [0.15, 0.2) is 11.5 Å². The molecule has 0 radical (unpaired) electrons. The van der Waals surface area contributed by atoms with Gasteiger partial charge in [-0.25, -0.2) is 0 Å². The first-order chi connectivity index (χ1) is 8.83. The van der Waals surface area contributed by atoms with Crippen LogP contribution in [0, 0.1) is 0 Å². The maximum atomic E-state index is 12.0. The lowest BCUT2D eigenvalue weighted by atomic mass is 10.2. The average Bonchev–Trinajstić information content (AvgIpc) is 2.87. The second kappa shape index (κ2) is 5.07. The lowest BCUT2D eigenvalue weighted by Gasteiger charge is -2.22. The second-order valence-electron chi connectivity index (χ2n) is 4.14. The van der Waals surface area contributed by atoms with Crippen molar-refractivity contribution >= 4 is 23.4 Å². The Labute approximate surface area is 109 Å². The summed E-state index contributed by atoms with van der Waals surface area (Å²) in [7, 11) is 0. The minimum absolute atomic E-state index is 0.000986. The molecule has 2 aliphatic heterocycles. The Morgan fingerprint density at radius 1 is 1.39 bits per heavy atom. The molecule has 18 heavy (non-hydrogen) atoms. The molecule has 1 fully saturated rings. The van der Waals surface area contributed by atoms with Crippen molar-refractivity contribution in [2.24, 2.45) is 0 Å². The number of benzene rings is 1. The summed E-state index contributed by atoms with van der Waals surface area (Å²) in [6, 6.07) is 5.30. The smallest absolute Gasteiger partial charge is 0.242 e. The van der Waals surface area contributed by atoms with Crippen LogP contribution in [-0.4, -0.2) is 36.8 Å². The molecule has 1 aromatic rings. The largest absolute Gasteiger partial charge is 0.454 e. The third kappa shape index (κ3) is 2.39. The number of thioether (sulfide) groups is 1. The maximum Gasteiger partial charge on any atom is 0.242 e. The van der Waals surface area contributed by atoms with E-state index >= 15 is 0 Å². The fourth-order valence-corrected chi connectivity index (χ4v) is 2.87. The summed E-state index contributed by atoms with van der Waals surface area (Å²) < 4.78 is 10.5. The van der Waals surface area contributed by atoms with E-state index in [0.717, 1.165) is 29.5 Å². The molecule has 0 saturated carbocycles. The number of amides is 1. The van der Waals surface area contributed by atoms with Gasteiger partial charge in [-0.05, 0) is 12.1 Å². The molecule has 1 aromatic carbocycles. The minimum Gasteiger partial charge on any atom is -0.454 e. The fourth-order valence-electron chi connectivity index (χ4n) is 1.94. The first-order valence-corrected chi connectivity index (χ1v) is 7.00. The number of carbonyl (C=O) groups excluding carboxylic acids is 1. The normalized spacial score (nSPS) is 21.7. The van der Waals surface area contributed by atoms with Gasteiger partial charge in [0, 0.05) is 29.8 Å². The molecule has 1 saturated heterocycles. The highest BCUT2D eigenvalue weighted by atomic mass is 32.2. The van der Waals surface area contributed by atoms with Crippen LogP contribution in [-0.2, 0) is 4.79 Å². The third-order valence-electron chi connectivity index (χ3n) is 2.88. The van der Waals surface area contributed by atoms with Gasteiger partial charge in [-0.3, -0.25) is 4.79 Å².